The molecule has 1 unspecified atom stereocenters. The average molecular weight is 376 g/mol. The minimum atomic E-state index is -0.0362. The van der Waals surface area contributed by atoms with E-state index in [0.717, 1.165) is 25.1 Å². The molecule has 142 valence electrons. The molecule has 1 aliphatic heterocycles. The second kappa shape index (κ2) is 8.43. The Kier molecular flexibility index (Phi) is 5.37. The number of amides is 1. The van der Waals surface area contributed by atoms with E-state index in [1.165, 1.54) is 0 Å². The molecule has 1 atom stereocenters. The molecule has 1 fully saturated rings. The van der Waals surface area contributed by atoms with Crippen LogP contribution in [0.1, 0.15) is 30.2 Å². The molecule has 0 bridgehead atoms. The van der Waals surface area contributed by atoms with Gasteiger partial charge in [-0.3, -0.25) is 9.78 Å². The van der Waals surface area contributed by atoms with Gasteiger partial charge in [0.25, 0.3) is 0 Å². The third-order valence-corrected chi connectivity index (χ3v) is 4.58. The topological polar surface area (TPSA) is 97.0 Å². The van der Waals surface area contributed by atoms with E-state index in [1.54, 1.807) is 55.3 Å². The van der Waals surface area contributed by atoms with Crippen molar-refractivity contribution in [2.75, 3.05) is 18.4 Å². The van der Waals surface area contributed by atoms with Crippen LogP contribution in [0.4, 0.5) is 11.8 Å². The van der Waals surface area contributed by atoms with Crippen LogP contribution in [-0.4, -0.2) is 43.8 Å². The third kappa shape index (κ3) is 4.22. The Morgan fingerprint density at radius 2 is 2.00 bits per heavy atom. The van der Waals surface area contributed by atoms with Gasteiger partial charge in [-0.1, -0.05) is 0 Å². The summed E-state index contributed by atoms with van der Waals surface area (Å²) in [6.45, 7) is 1.31. The first-order valence-corrected chi connectivity index (χ1v) is 9.15. The molecule has 8 nitrogen and oxygen atoms in total. The van der Waals surface area contributed by atoms with Crippen LogP contribution in [-0.2, 0) is 4.79 Å². The summed E-state index contributed by atoms with van der Waals surface area (Å²) in [4.78, 5) is 31.7. The van der Waals surface area contributed by atoms with Crippen LogP contribution in [0.5, 0.6) is 0 Å². The van der Waals surface area contributed by atoms with E-state index in [-0.39, 0.29) is 11.8 Å². The zero-order chi connectivity index (χ0) is 19.2. The number of hydrogen-bond acceptors (Lipinski definition) is 7. The summed E-state index contributed by atoms with van der Waals surface area (Å²) >= 11 is 0. The Balaban J connectivity index is 1.48. The largest absolute Gasteiger partial charge is 0.465 e. The van der Waals surface area contributed by atoms with Crippen LogP contribution in [0.15, 0.2) is 59.7 Å². The first-order chi connectivity index (χ1) is 13.8. The van der Waals surface area contributed by atoms with Crippen molar-refractivity contribution in [3.63, 3.8) is 0 Å². The average Bonchev–Trinajstić information content (AvgIpc) is 3.27. The highest BCUT2D eigenvalue weighted by atomic mass is 16.3. The maximum Gasteiger partial charge on any atom is 0.246 e. The molecule has 4 rings (SSSR count). The second-order valence-electron chi connectivity index (χ2n) is 6.46. The maximum absolute atomic E-state index is 12.6. The molecule has 28 heavy (non-hydrogen) atoms. The molecule has 4 heterocycles. The fourth-order valence-electron chi connectivity index (χ4n) is 3.26. The van der Waals surface area contributed by atoms with Crippen molar-refractivity contribution in [1.82, 2.24) is 24.8 Å². The van der Waals surface area contributed by atoms with Crippen molar-refractivity contribution in [3.05, 3.63) is 66.8 Å². The minimum Gasteiger partial charge on any atom is -0.465 e. The normalized spacial score (nSPS) is 17.0. The molecule has 0 spiro atoms. The lowest BCUT2D eigenvalue weighted by Crippen LogP contribution is -2.38. The van der Waals surface area contributed by atoms with Crippen LogP contribution in [0.2, 0.25) is 0 Å². The van der Waals surface area contributed by atoms with Crippen molar-refractivity contribution in [2.45, 2.75) is 18.8 Å². The number of anilines is 2. The number of nitrogens with zero attached hydrogens (tertiary/aromatic N) is 5. The van der Waals surface area contributed by atoms with Gasteiger partial charge in [-0.2, -0.15) is 0 Å². The van der Waals surface area contributed by atoms with Gasteiger partial charge in [0.15, 0.2) is 5.82 Å². The van der Waals surface area contributed by atoms with Gasteiger partial charge in [0.05, 0.1) is 12.0 Å². The summed E-state index contributed by atoms with van der Waals surface area (Å²) in [7, 11) is 0. The number of carbonyl (C=O) groups excluding carboxylic acids is 1. The van der Waals surface area contributed by atoms with Gasteiger partial charge in [0.1, 0.15) is 5.76 Å². The lowest BCUT2D eigenvalue weighted by atomic mass is 9.94. The first-order valence-electron chi connectivity index (χ1n) is 9.15. The Hall–Kier alpha value is -3.55. The molecule has 1 aliphatic rings. The van der Waals surface area contributed by atoms with Crippen molar-refractivity contribution in [2.24, 2.45) is 0 Å². The Labute approximate surface area is 162 Å². The number of likely N-dealkylation sites (tertiary alicyclic amines) is 1. The summed E-state index contributed by atoms with van der Waals surface area (Å²) in [6, 6.07) is 5.36. The number of hydrogen-bond donors (Lipinski definition) is 1. The van der Waals surface area contributed by atoms with E-state index < -0.39 is 0 Å². The lowest BCUT2D eigenvalue weighted by molar-refractivity contribution is -0.127. The van der Waals surface area contributed by atoms with E-state index in [0.29, 0.717) is 24.1 Å². The van der Waals surface area contributed by atoms with E-state index in [2.05, 4.69) is 25.3 Å². The van der Waals surface area contributed by atoms with Crippen molar-refractivity contribution in [3.8, 4) is 0 Å². The van der Waals surface area contributed by atoms with Gasteiger partial charge in [-0.05, 0) is 37.1 Å². The summed E-state index contributed by atoms with van der Waals surface area (Å²) in [5, 5.41) is 3.13. The molecule has 3 aromatic rings. The van der Waals surface area contributed by atoms with Gasteiger partial charge >= 0.3 is 0 Å². The highest BCUT2D eigenvalue weighted by Crippen LogP contribution is 2.30. The van der Waals surface area contributed by atoms with Gasteiger partial charge in [-0.15, -0.1) is 0 Å². The minimum absolute atomic E-state index is 0.0362. The maximum atomic E-state index is 12.6. The van der Waals surface area contributed by atoms with Crippen LogP contribution in [0.3, 0.4) is 0 Å². The van der Waals surface area contributed by atoms with Gasteiger partial charge in [-0.25, -0.2) is 15.0 Å². The number of rotatable bonds is 5. The molecule has 0 saturated carbocycles. The molecular weight excluding hydrogens is 356 g/mol. The second-order valence-corrected chi connectivity index (χ2v) is 6.46. The third-order valence-electron chi connectivity index (χ3n) is 4.58. The molecule has 1 amide bonds. The highest BCUT2D eigenvalue weighted by molar-refractivity contribution is 5.91. The number of carbonyl (C=O) groups is 1. The predicted molar refractivity (Wildman–Crippen MR) is 104 cm³/mol. The summed E-state index contributed by atoms with van der Waals surface area (Å²) in [5.74, 6) is 1.80. The monoisotopic (exact) mass is 376 g/mol. The number of piperidine rings is 1. The van der Waals surface area contributed by atoms with E-state index in [9.17, 15) is 4.79 Å². The number of nitrogens with one attached hydrogen (secondary N) is 1. The summed E-state index contributed by atoms with van der Waals surface area (Å²) in [6.07, 6.45) is 13.3. The Morgan fingerprint density at radius 1 is 1.14 bits per heavy atom. The van der Waals surface area contributed by atoms with Crippen molar-refractivity contribution < 1.29 is 9.21 Å². The molecule has 0 radical (unpaired) electrons. The lowest BCUT2D eigenvalue weighted by Gasteiger charge is -2.32. The summed E-state index contributed by atoms with van der Waals surface area (Å²) in [5.41, 5.74) is 0.822. The molecule has 3 aromatic heterocycles. The zero-order valence-corrected chi connectivity index (χ0v) is 15.2. The molecular formula is C20H20N6O2. The standard InChI is InChI=1S/C20H20N6O2/c27-17(7-6-16-5-2-13-28-16)26-12-1-4-15(14-26)18-19(22-11-10-21-18)25-20-23-8-3-9-24-20/h2-3,5-11,13,15H,1,4,12,14H2,(H,22,23,24,25)/b7-6+. The summed E-state index contributed by atoms with van der Waals surface area (Å²) < 4.78 is 5.24. The number of furan rings is 1. The van der Waals surface area contributed by atoms with Crippen LogP contribution < -0.4 is 5.32 Å². The van der Waals surface area contributed by atoms with E-state index >= 15 is 0 Å². The van der Waals surface area contributed by atoms with Crippen molar-refractivity contribution in [1.29, 1.82) is 0 Å². The fourth-order valence-corrected chi connectivity index (χ4v) is 3.26. The van der Waals surface area contributed by atoms with Crippen molar-refractivity contribution >= 4 is 23.7 Å². The van der Waals surface area contributed by atoms with E-state index in [1.807, 2.05) is 11.0 Å². The van der Waals surface area contributed by atoms with Crippen LogP contribution in [0, 0.1) is 0 Å². The number of aromatic nitrogens is 4. The first kappa shape index (κ1) is 17.8. The molecule has 0 aromatic carbocycles. The predicted octanol–water partition coefficient (Wildman–Crippen LogP) is 3.02. The molecule has 0 aliphatic carbocycles. The van der Waals surface area contributed by atoms with Crippen LogP contribution >= 0.6 is 0 Å². The molecule has 1 saturated heterocycles. The SMILES string of the molecule is O=C(/C=C/c1ccco1)N1CCCC(c2nccnc2Nc2ncccn2)C1. The smallest absolute Gasteiger partial charge is 0.246 e. The van der Waals surface area contributed by atoms with Gasteiger partial charge in [0.2, 0.25) is 11.9 Å². The van der Waals surface area contributed by atoms with Gasteiger partial charge in [0, 0.05) is 49.9 Å². The zero-order valence-electron chi connectivity index (χ0n) is 15.2. The molecule has 8 heteroatoms. The van der Waals surface area contributed by atoms with Gasteiger partial charge < -0.3 is 14.6 Å². The Morgan fingerprint density at radius 3 is 2.82 bits per heavy atom. The Bertz CT molecular complexity index is 942. The quantitative estimate of drug-likeness (QED) is 0.684. The van der Waals surface area contributed by atoms with Crippen LogP contribution in [0.25, 0.3) is 6.08 Å². The highest BCUT2D eigenvalue weighted by Gasteiger charge is 2.27. The molecule has 1 N–H and O–H groups in total. The van der Waals surface area contributed by atoms with E-state index in [4.69, 9.17) is 4.42 Å². The fraction of sp³-hybridized carbons (Fsp3) is 0.250.